The molecule has 0 bridgehead atoms. The van der Waals surface area contributed by atoms with Crippen molar-refractivity contribution in [2.24, 2.45) is 17.1 Å². The molecule has 1 heterocycles. The number of likely N-dealkylation sites (tertiary alicyclic amines) is 1. The highest BCUT2D eigenvalue weighted by Gasteiger charge is 2.26. The van der Waals surface area contributed by atoms with E-state index in [9.17, 15) is 14.4 Å². The lowest BCUT2D eigenvalue weighted by molar-refractivity contribution is -0.173. The van der Waals surface area contributed by atoms with Gasteiger partial charge in [-0.1, -0.05) is 36.4 Å². The zero-order chi connectivity index (χ0) is 25.6. The third-order valence-corrected chi connectivity index (χ3v) is 6.04. The number of halogens is 1. The van der Waals surface area contributed by atoms with Crippen LogP contribution in [-0.2, 0) is 19.1 Å². The Labute approximate surface area is 218 Å². The Kier molecular flexibility index (Phi) is 10.0. The summed E-state index contributed by atoms with van der Waals surface area (Å²) in [6.07, 6.45) is 1.67. The van der Waals surface area contributed by atoms with Crippen LogP contribution in [0.15, 0.2) is 48.5 Å². The van der Waals surface area contributed by atoms with Gasteiger partial charge in [0.05, 0.1) is 5.41 Å². The van der Waals surface area contributed by atoms with Crippen molar-refractivity contribution in [3.63, 3.8) is 0 Å². The molecule has 2 aromatic rings. The molecule has 1 aliphatic heterocycles. The van der Waals surface area contributed by atoms with Gasteiger partial charge in [0.25, 0.3) is 5.91 Å². The van der Waals surface area contributed by atoms with Gasteiger partial charge >= 0.3 is 11.9 Å². The van der Waals surface area contributed by atoms with Gasteiger partial charge in [-0.3, -0.25) is 19.8 Å². The Bertz CT molecular complexity index is 1070. The number of carbonyl (C=O) groups excluding carboxylic acids is 3. The van der Waals surface area contributed by atoms with Crippen LogP contribution >= 0.6 is 12.4 Å². The fourth-order valence-corrected chi connectivity index (χ4v) is 3.83. The van der Waals surface area contributed by atoms with E-state index in [4.69, 9.17) is 20.6 Å². The fraction of sp³-hybridized carbons (Fsp3) is 0.407. The second-order valence-electron chi connectivity index (χ2n) is 9.82. The lowest BCUT2D eigenvalue weighted by Crippen LogP contribution is -2.39. The number of hydrogen-bond acceptors (Lipinski definition) is 6. The number of nitrogens with one attached hydrogen (secondary N) is 1. The smallest absolute Gasteiger partial charge is 0.314 e. The van der Waals surface area contributed by atoms with Crippen molar-refractivity contribution in [3.8, 4) is 11.1 Å². The molecule has 2 aromatic carbocycles. The summed E-state index contributed by atoms with van der Waals surface area (Å²) >= 11 is 0. The minimum atomic E-state index is -0.645. The highest BCUT2D eigenvalue weighted by atomic mass is 35.5. The maximum absolute atomic E-state index is 12.9. The van der Waals surface area contributed by atoms with Crippen molar-refractivity contribution >= 4 is 36.1 Å². The number of ether oxygens (including phenoxy) is 2. The summed E-state index contributed by atoms with van der Waals surface area (Å²) in [5.41, 5.74) is 8.10. The van der Waals surface area contributed by atoms with E-state index in [-0.39, 0.29) is 43.3 Å². The second kappa shape index (κ2) is 12.5. The van der Waals surface area contributed by atoms with Gasteiger partial charge in [0, 0.05) is 30.6 Å². The molecule has 8 nitrogen and oxygen atoms in total. The van der Waals surface area contributed by atoms with Gasteiger partial charge in [-0.25, -0.2) is 0 Å². The predicted molar refractivity (Wildman–Crippen MR) is 140 cm³/mol. The summed E-state index contributed by atoms with van der Waals surface area (Å²) < 4.78 is 10.0. The van der Waals surface area contributed by atoms with Crippen LogP contribution in [0.3, 0.4) is 0 Å². The van der Waals surface area contributed by atoms with Crippen molar-refractivity contribution < 1.29 is 23.9 Å². The molecule has 194 valence electrons. The Balaban J connectivity index is 0.00000456. The zero-order valence-corrected chi connectivity index (χ0v) is 21.7. The number of nitrogens with two attached hydrogens (primary N) is 1. The summed E-state index contributed by atoms with van der Waals surface area (Å²) in [6, 6.07) is 14.9. The molecule has 0 aromatic heterocycles. The molecule has 0 unspecified atom stereocenters. The quantitative estimate of drug-likeness (QED) is 0.244. The lowest BCUT2D eigenvalue weighted by atomic mass is 9.93. The topological polar surface area (TPSA) is 123 Å². The van der Waals surface area contributed by atoms with Gasteiger partial charge in [-0.05, 0) is 62.8 Å². The van der Waals surface area contributed by atoms with Crippen LogP contribution in [0.5, 0.6) is 0 Å². The van der Waals surface area contributed by atoms with E-state index < -0.39 is 17.4 Å². The Morgan fingerprint density at radius 1 is 0.917 bits per heavy atom. The van der Waals surface area contributed by atoms with Gasteiger partial charge < -0.3 is 20.1 Å². The maximum atomic E-state index is 12.9. The molecule has 3 rings (SSSR count). The number of carbonyl (C=O) groups is 3. The van der Waals surface area contributed by atoms with Gasteiger partial charge in [0.1, 0.15) is 5.84 Å². The monoisotopic (exact) mass is 515 g/mol. The van der Waals surface area contributed by atoms with E-state index in [0.717, 1.165) is 11.1 Å². The first-order chi connectivity index (χ1) is 16.5. The molecule has 1 amide bonds. The summed E-state index contributed by atoms with van der Waals surface area (Å²) in [5, 5.41) is 7.48. The Morgan fingerprint density at radius 3 is 1.89 bits per heavy atom. The number of piperidine rings is 1. The van der Waals surface area contributed by atoms with E-state index in [1.165, 1.54) is 0 Å². The molecule has 0 aliphatic carbocycles. The van der Waals surface area contributed by atoms with Crippen molar-refractivity contribution in [3.05, 3.63) is 59.7 Å². The minimum Gasteiger partial charge on any atom is -0.428 e. The van der Waals surface area contributed by atoms with Crippen LogP contribution in [-0.4, -0.2) is 48.5 Å². The average Bonchev–Trinajstić information content (AvgIpc) is 2.83. The molecular formula is C27H34ClN3O5. The average molecular weight is 516 g/mol. The number of rotatable bonds is 7. The highest BCUT2D eigenvalue weighted by Crippen LogP contribution is 2.24. The van der Waals surface area contributed by atoms with E-state index in [0.29, 0.717) is 37.1 Å². The summed E-state index contributed by atoms with van der Waals surface area (Å²) in [6.45, 7) is 5.97. The van der Waals surface area contributed by atoms with Gasteiger partial charge in [0.15, 0.2) is 0 Å². The summed E-state index contributed by atoms with van der Waals surface area (Å²) in [7, 11) is 0. The van der Waals surface area contributed by atoms with Crippen molar-refractivity contribution in [1.82, 2.24) is 4.90 Å². The number of esters is 2. The first-order valence-electron chi connectivity index (χ1n) is 11.7. The van der Waals surface area contributed by atoms with Crippen LogP contribution in [0.4, 0.5) is 0 Å². The first-order valence-corrected chi connectivity index (χ1v) is 11.7. The Hall–Kier alpha value is -3.39. The molecule has 0 saturated carbocycles. The second-order valence-corrected chi connectivity index (χ2v) is 9.82. The molecule has 9 heteroatoms. The van der Waals surface area contributed by atoms with E-state index >= 15 is 0 Å². The highest BCUT2D eigenvalue weighted by molar-refractivity contribution is 5.96. The maximum Gasteiger partial charge on any atom is 0.314 e. The molecule has 0 radical (unpaired) electrons. The standard InChI is InChI=1S/C27H33N3O5.ClH/c1-27(2,3)26(33)35-17-34-23(31)16-18-12-14-30(15-13-18)25(32)22-10-6-20(7-11-22)19-4-8-21(9-5-19)24(28)29;/h4-11,18H,12-17H2,1-3H3,(H3,28,29);1H. The molecule has 1 saturated heterocycles. The molecule has 1 aliphatic rings. The molecule has 0 atom stereocenters. The molecule has 36 heavy (non-hydrogen) atoms. The van der Waals surface area contributed by atoms with Crippen molar-refractivity contribution in [1.29, 1.82) is 5.41 Å². The summed E-state index contributed by atoms with van der Waals surface area (Å²) in [4.78, 5) is 38.5. The molecule has 3 N–H and O–H groups in total. The normalized spacial score (nSPS) is 13.9. The predicted octanol–water partition coefficient (Wildman–Crippen LogP) is 4.39. The lowest BCUT2D eigenvalue weighted by Gasteiger charge is -2.31. The van der Waals surface area contributed by atoms with Crippen LogP contribution < -0.4 is 5.73 Å². The number of amides is 1. The first kappa shape index (κ1) is 28.8. The Morgan fingerprint density at radius 2 is 1.42 bits per heavy atom. The van der Waals surface area contributed by atoms with E-state index in [1.54, 1.807) is 32.9 Å². The SMILES string of the molecule is CC(C)(C)C(=O)OCOC(=O)CC1CCN(C(=O)c2ccc(-c3ccc(C(=N)N)cc3)cc2)CC1.Cl. The molecule has 1 fully saturated rings. The molecular weight excluding hydrogens is 482 g/mol. The number of nitrogens with zero attached hydrogens (tertiary/aromatic N) is 1. The largest absolute Gasteiger partial charge is 0.428 e. The third kappa shape index (κ3) is 7.81. The number of nitrogen functional groups attached to an aromatic ring is 1. The van der Waals surface area contributed by atoms with Crippen molar-refractivity contribution in [2.45, 2.75) is 40.0 Å². The number of benzene rings is 2. The number of amidine groups is 1. The number of hydrogen-bond donors (Lipinski definition) is 2. The van der Waals surface area contributed by atoms with Crippen LogP contribution in [0.1, 0.15) is 56.0 Å². The van der Waals surface area contributed by atoms with Crippen LogP contribution in [0, 0.1) is 16.7 Å². The molecule has 0 spiro atoms. The van der Waals surface area contributed by atoms with Gasteiger partial charge in [-0.2, -0.15) is 0 Å². The zero-order valence-electron chi connectivity index (χ0n) is 20.9. The van der Waals surface area contributed by atoms with Gasteiger partial charge in [-0.15, -0.1) is 12.4 Å². The van der Waals surface area contributed by atoms with Crippen LogP contribution in [0.2, 0.25) is 0 Å². The van der Waals surface area contributed by atoms with E-state index in [2.05, 4.69) is 0 Å². The van der Waals surface area contributed by atoms with Gasteiger partial charge in [0.2, 0.25) is 6.79 Å². The van der Waals surface area contributed by atoms with E-state index in [1.807, 2.05) is 41.3 Å². The minimum absolute atomic E-state index is 0. The third-order valence-electron chi connectivity index (χ3n) is 6.04. The summed E-state index contributed by atoms with van der Waals surface area (Å²) in [5.74, 6) is -0.692. The fourth-order valence-electron chi connectivity index (χ4n) is 3.83. The van der Waals surface area contributed by atoms with Crippen LogP contribution in [0.25, 0.3) is 11.1 Å². The van der Waals surface area contributed by atoms with Crippen molar-refractivity contribution in [2.75, 3.05) is 19.9 Å².